The Morgan fingerprint density at radius 3 is 2.83 bits per heavy atom. The fourth-order valence-corrected chi connectivity index (χ4v) is 2.80. The summed E-state index contributed by atoms with van der Waals surface area (Å²) in [6, 6.07) is 6.42. The summed E-state index contributed by atoms with van der Waals surface area (Å²) in [5, 5.41) is 4.25. The van der Waals surface area contributed by atoms with Gasteiger partial charge in [0.05, 0.1) is 0 Å². The Labute approximate surface area is 115 Å². The van der Waals surface area contributed by atoms with Gasteiger partial charge in [-0.2, -0.15) is 0 Å². The fourth-order valence-electron chi connectivity index (χ4n) is 2.52. The van der Waals surface area contributed by atoms with Crippen LogP contribution in [0.1, 0.15) is 30.9 Å². The van der Waals surface area contributed by atoms with Crippen molar-refractivity contribution in [2.24, 2.45) is 5.92 Å². The number of benzene rings is 1. The number of hydrogen-bond acceptors (Lipinski definition) is 1. The van der Waals surface area contributed by atoms with Crippen molar-refractivity contribution in [3.8, 4) is 0 Å². The maximum absolute atomic E-state index is 5.52. The molecule has 1 atom stereocenters. The lowest BCUT2D eigenvalue weighted by Crippen LogP contribution is -2.41. The van der Waals surface area contributed by atoms with E-state index in [1.807, 2.05) is 0 Å². The lowest BCUT2D eigenvalue weighted by Gasteiger charge is -2.33. The molecule has 1 aromatic carbocycles. The summed E-state index contributed by atoms with van der Waals surface area (Å²) in [7, 11) is 0. The zero-order chi connectivity index (χ0) is 13.1. The van der Waals surface area contributed by atoms with Gasteiger partial charge in [-0.1, -0.05) is 24.6 Å². The monoisotopic (exact) mass is 262 g/mol. The molecule has 1 heterocycles. The van der Waals surface area contributed by atoms with Gasteiger partial charge >= 0.3 is 0 Å². The van der Waals surface area contributed by atoms with Gasteiger partial charge in [0.1, 0.15) is 0 Å². The normalized spacial score (nSPS) is 19.7. The molecule has 1 aliphatic heterocycles. The molecule has 1 fully saturated rings. The number of likely N-dealkylation sites (tertiary alicyclic amines) is 1. The van der Waals surface area contributed by atoms with Crippen LogP contribution >= 0.6 is 12.2 Å². The molecular weight excluding hydrogens is 240 g/mol. The molecule has 1 N–H and O–H groups in total. The molecular formula is C15H22N2S. The molecule has 3 heteroatoms. The smallest absolute Gasteiger partial charge is 0.173 e. The van der Waals surface area contributed by atoms with E-state index in [0.717, 1.165) is 29.8 Å². The first-order chi connectivity index (χ1) is 8.56. The Morgan fingerprint density at radius 1 is 1.39 bits per heavy atom. The number of anilines is 1. The second kappa shape index (κ2) is 5.70. The van der Waals surface area contributed by atoms with Crippen molar-refractivity contribution in [3.05, 3.63) is 29.3 Å². The van der Waals surface area contributed by atoms with E-state index in [1.54, 1.807) is 0 Å². The third-order valence-corrected chi connectivity index (χ3v) is 3.93. The Bertz CT molecular complexity index is 442. The largest absolute Gasteiger partial charge is 0.349 e. The zero-order valence-electron chi connectivity index (χ0n) is 11.5. The highest BCUT2D eigenvalue weighted by atomic mass is 32.1. The minimum absolute atomic E-state index is 0.748. The van der Waals surface area contributed by atoms with Crippen LogP contribution in [0.5, 0.6) is 0 Å². The number of nitrogens with zero attached hydrogens (tertiary/aromatic N) is 1. The molecule has 98 valence electrons. The van der Waals surface area contributed by atoms with Crippen LogP contribution in [0, 0.1) is 19.8 Å². The molecule has 1 saturated heterocycles. The third-order valence-electron chi connectivity index (χ3n) is 3.57. The van der Waals surface area contributed by atoms with E-state index in [2.05, 4.69) is 49.2 Å². The van der Waals surface area contributed by atoms with Crippen LogP contribution in [0.25, 0.3) is 0 Å². The maximum Gasteiger partial charge on any atom is 0.173 e. The molecule has 0 amide bonds. The van der Waals surface area contributed by atoms with Gasteiger partial charge in [0, 0.05) is 18.8 Å². The predicted octanol–water partition coefficient (Wildman–Crippen LogP) is 3.73. The van der Waals surface area contributed by atoms with Crippen LogP contribution in [0.2, 0.25) is 0 Å². The number of piperidine rings is 1. The van der Waals surface area contributed by atoms with E-state index in [4.69, 9.17) is 12.2 Å². The molecule has 1 aromatic rings. The second-order valence-electron chi connectivity index (χ2n) is 5.44. The average molecular weight is 262 g/mol. The zero-order valence-corrected chi connectivity index (χ0v) is 12.3. The summed E-state index contributed by atoms with van der Waals surface area (Å²) >= 11 is 5.52. The molecule has 0 aromatic heterocycles. The Kier molecular flexibility index (Phi) is 4.23. The number of nitrogens with one attached hydrogen (secondary N) is 1. The molecule has 1 aliphatic rings. The van der Waals surface area contributed by atoms with Gasteiger partial charge in [-0.15, -0.1) is 0 Å². The molecule has 0 spiro atoms. The van der Waals surface area contributed by atoms with Gasteiger partial charge in [0.15, 0.2) is 5.11 Å². The average Bonchev–Trinajstić information content (AvgIpc) is 2.32. The van der Waals surface area contributed by atoms with E-state index >= 15 is 0 Å². The minimum Gasteiger partial charge on any atom is -0.349 e. The van der Waals surface area contributed by atoms with Gasteiger partial charge < -0.3 is 10.2 Å². The van der Waals surface area contributed by atoms with E-state index in [1.165, 1.54) is 24.0 Å². The lowest BCUT2D eigenvalue weighted by molar-refractivity contribution is 0.276. The number of thiocarbonyl (C=S) groups is 1. The number of aryl methyl sites for hydroxylation is 2. The highest BCUT2D eigenvalue weighted by molar-refractivity contribution is 7.80. The summed E-state index contributed by atoms with van der Waals surface area (Å²) in [4.78, 5) is 2.29. The summed E-state index contributed by atoms with van der Waals surface area (Å²) in [5.74, 6) is 0.748. The van der Waals surface area contributed by atoms with Crippen molar-refractivity contribution < 1.29 is 0 Å². The Hall–Kier alpha value is -1.09. The second-order valence-corrected chi connectivity index (χ2v) is 5.83. The molecule has 0 saturated carbocycles. The highest BCUT2D eigenvalue weighted by Gasteiger charge is 2.18. The van der Waals surface area contributed by atoms with Crippen molar-refractivity contribution >= 4 is 23.0 Å². The lowest BCUT2D eigenvalue weighted by atomic mass is 10.0. The predicted molar refractivity (Wildman–Crippen MR) is 82.1 cm³/mol. The van der Waals surface area contributed by atoms with Crippen LogP contribution < -0.4 is 5.32 Å². The number of rotatable bonds is 1. The molecule has 0 bridgehead atoms. The molecule has 0 aliphatic carbocycles. The standard InChI is InChI=1S/C15H22N2S/c1-11-6-7-14(13(3)9-11)16-15(18)17-8-4-5-12(2)10-17/h6-7,9,12H,4-5,8,10H2,1-3H3,(H,16,18)/t12-/m1/s1. The Balaban J connectivity index is 2.02. The van der Waals surface area contributed by atoms with Crippen molar-refractivity contribution in [3.63, 3.8) is 0 Å². The summed E-state index contributed by atoms with van der Waals surface area (Å²) in [6.45, 7) is 8.70. The third kappa shape index (κ3) is 3.22. The van der Waals surface area contributed by atoms with Crippen molar-refractivity contribution in [2.45, 2.75) is 33.6 Å². The van der Waals surface area contributed by atoms with Crippen LogP contribution in [0.15, 0.2) is 18.2 Å². The SMILES string of the molecule is Cc1ccc(NC(=S)N2CCC[C@@H](C)C2)c(C)c1. The van der Waals surface area contributed by atoms with Crippen LogP contribution in [-0.4, -0.2) is 23.1 Å². The first-order valence-corrected chi connectivity index (χ1v) is 7.10. The quantitative estimate of drug-likeness (QED) is 0.776. The topological polar surface area (TPSA) is 15.3 Å². The first-order valence-electron chi connectivity index (χ1n) is 6.69. The minimum atomic E-state index is 0.748. The van der Waals surface area contributed by atoms with Crippen molar-refractivity contribution in [2.75, 3.05) is 18.4 Å². The van der Waals surface area contributed by atoms with E-state index in [0.29, 0.717) is 0 Å². The van der Waals surface area contributed by atoms with Crippen LogP contribution in [-0.2, 0) is 0 Å². The van der Waals surface area contributed by atoms with Gasteiger partial charge in [0.2, 0.25) is 0 Å². The molecule has 18 heavy (non-hydrogen) atoms. The van der Waals surface area contributed by atoms with Crippen molar-refractivity contribution in [1.82, 2.24) is 4.90 Å². The van der Waals surface area contributed by atoms with Crippen LogP contribution in [0.3, 0.4) is 0 Å². The van der Waals surface area contributed by atoms with E-state index in [-0.39, 0.29) is 0 Å². The molecule has 2 rings (SSSR count). The first kappa shape index (κ1) is 13.3. The van der Waals surface area contributed by atoms with Crippen LogP contribution in [0.4, 0.5) is 5.69 Å². The summed E-state index contributed by atoms with van der Waals surface area (Å²) < 4.78 is 0. The molecule has 0 unspecified atom stereocenters. The highest BCUT2D eigenvalue weighted by Crippen LogP contribution is 2.19. The molecule has 2 nitrogen and oxygen atoms in total. The molecule has 0 radical (unpaired) electrons. The van der Waals surface area contributed by atoms with Gasteiger partial charge in [-0.3, -0.25) is 0 Å². The van der Waals surface area contributed by atoms with Crippen molar-refractivity contribution in [1.29, 1.82) is 0 Å². The summed E-state index contributed by atoms with van der Waals surface area (Å²) in [5.41, 5.74) is 3.67. The summed E-state index contributed by atoms with van der Waals surface area (Å²) in [6.07, 6.45) is 2.57. The fraction of sp³-hybridized carbons (Fsp3) is 0.533. The van der Waals surface area contributed by atoms with E-state index < -0.39 is 0 Å². The van der Waals surface area contributed by atoms with E-state index in [9.17, 15) is 0 Å². The van der Waals surface area contributed by atoms with Gasteiger partial charge in [-0.05, 0) is 56.5 Å². The van der Waals surface area contributed by atoms with Gasteiger partial charge in [0.25, 0.3) is 0 Å². The van der Waals surface area contributed by atoms with Gasteiger partial charge in [-0.25, -0.2) is 0 Å². The maximum atomic E-state index is 5.52. The number of hydrogen-bond donors (Lipinski definition) is 1. The Morgan fingerprint density at radius 2 is 2.17 bits per heavy atom.